The maximum atomic E-state index is 11.1. The number of carbonyl (C=O) groups excluding carboxylic acids is 1. The van der Waals surface area contributed by atoms with Gasteiger partial charge in [0.2, 0.25) is 5.82 Å². The van der Waals surface area contributed by atoms with Gasteiger partial charge in [-0.2, -0.15) is 0 Å². The first-order valence-electron chi connectivity index (χ1n) is 8.27. The number of primary amides is 1. The lowest BCUT2D eigenvalue weighted by Gasteiger charge is -2.33. The van der Waals surface area contributed by atoms with E-state index in [-0.39, 0.29) is 5.82 Å². The van der Waals surface area contributed by atoms with E-state index in [4.69, 9.17) is 5.73 Å². The number of aromatic nitrogens is 3. The molecule has 0 aliphatic carbocycles. The zero-order valence-electron chi connectivity index (χ0n) is 13.3. The number of hydrogen-bond acceptors (Lipinski definition) is 5. The standard InChI is InChI=1S/C15H26N6O/c1-19-7-2-4-12(19)6-9-20-8-3-5-13(10-20)21-11-17-15(18-21)14(16)22/h11-13H,2-10H2,1H3,(H2,16,22)/t12-,13-/m0/s1. The third-order valence-corrected chi connectivity index (χ3v) is 5.03. The van der Waals surface area contributed by atoms with Gasteiger partial charge in [0.15, 0.2) is 0 Å². The summed E-state index contributed by atoms with van der Waals surface area (Å²) < 4.78 is 1.81. The summed E-state index contributed by atoms with van der Waals surface area (Å²) in [5.74, 6) is -0.444. The summed E-state index contributed by atoms with van der Waals surface area (Å²) in [6.45, 7) is 4.52. The second kappa shape index (κ2) is 6.75. The van der Waals surface area contributed by atoms with Crippen LogP contribution in [0.2, 0.25) is 0 Å². The zero-order chi connectivity index (χ0) is 15.5. The molecule has 0 saturated carbocycles. The molecule has 3 rings (SSSR count). The van der Waals surface area contributed by atoms with Crippen LogP contribution in [-0.4, -0.2) is 69.7 Å². The molecule has 2 fully saturated rings. The van der Waals surface area contributed by atoms with Crippen molar-refractivity contribution < 1.29 is 4.79 Å². The smallest absolute Gasteiger partial charge is 0.288 e. The van der Waals surface area contributed by atoms with E-state index in [1.165, 1.54) is 25.8 Å². The number of rotatable bonds is 5. The summed E-state index contributed by atoms with van der Waals surface area (Å²) in [5, 5.41) is 4.21. The predicted octanol–water partition coefficient (Wildman–Crippen LogP) is 0.498. The van der Waals surface area contributed by atoms with Gasteiger partial charge in [-0.25, -0.2) is 9.67 Å². The summed E-state index contributed by atoms with van der Waals surface area (Å²) >= 11 is 0. The number of nitrogens with zero attached hydrogens (tertiary/aromatic N) is 5. The van der Waals surface area contributed by atoms with Gasteiger partial charge in [-0.3, -0.25) is 4.79 Å². The van der Waals surface area contributed by atoms with Crippen LogP contribution < -0.4 is 5.73 Å². The molecule has 0 aromatic carbocycles. The van der Waals surface area contributed by atoms with Gasteiger partial charge in [0.05, 0.1) is 6.04 Å². The molecule has 2 aliphatic rings. The van der Waals surface area contributed by atoms with Crippen LogP contribution in [0.3, 0.4) is 0 Å². The quantitative estimate of drug-likeness (QED) is 0.857. The molecule has 7 heteroatoms. The molecule has 2 atom stereocenters. The molecule has 2 saturated heterocycles. The van der Waals surface area contributed by atoms with Gasteiger partial charge in [0.1, 0.15) is 6.33 Å². The molecular formula is C15H26N6O. The van der Waals surface area contributed by atoms with Crippen LogP contribution in [0.25, 0.3) is 0 Å². The van der Waals surface area contributed by atoms with Crippen LogP contribution in [0.1, 0.15) is 48.8 Å². The van der Waals surface area contributed by atoms with Crippen molar-refractivity contribution in [1.82, 2.24) is 24.6 Å². The first-order valence-corrected chi connectivity index (χ1v) is 8.27. The average molecular weight is 306 g/mol. The molecule has 0 spiro atoms. The maximum Gasteiger partial charge on any atom is 0.288 e. The van der Waals surface area contributed by atoms with Crippen molar-refractivity contribution in [2.24, 2.45) is 5.73 Å². The third-order valence-electron chi connectivity index (χ3n) is 5.03. The molecular weight excluding hydrogens is 280 g/mol. The van der Waals surface area contributed by atoms with E-state index in [1.807, 2.05) is 4.68 Å². The fourth-order valence-corrected chi connectivity index (χ4v) is 3.69. The SMILES string of the molecule is CN1CCC[C@H]1CCN1CCC[C@H](n2cnc(C(N)=O)n2)C1. The number of likely N-dealkylation sites (tertiary alicyclic amines) is 2. The molecule has 22 heavy (non-hydrogen) atoms. The van der Waals surface area contributed by atoms with Crippen molar-refractivity contribution >= 4 is 5.91 Å². The van der Waals surface area contributed by atoms with Crippen molar-refractivity contribution in [2.75, 3.05) is 33.2 Å². The lowest BCUT2D eigenvalue weighted by molar-refractivity contribution is 0.0988. The van der Waals surface area contributed by atoms with Crippen molar-refractivity contribution in [3.63, 3.8) is 0 Å². The van der Waals surface area contributed by atoms with Crippen LogP contribution in [-0.2, 0) is 0 Å². The Morgan fingerprint density at radius 2 is 2.18 bits per heavy atom. The number of amides is 1. The Morgan fingerprint density at radius 1 is 1.36 bits per heavy atom. The van der Waals surface area contributed by atoms with Crippen molar-refractivity contribution in [1.29, 1.82) is 0 Å². The van der Waals surface area contributed by atoms with Crippen molar-refractivity contribution in [2.45, 2.75) is 44.2 Å². The first-order chi connectivity index (χ1) is 10.6. The summed E-state index contributed by atoms with van der Waals surface area (Å²) in [6, 6.07) is 1.05. The van der Waals surface area contributed by atoms with Crippen molar-refractivity contribution in [3.05, 3.63) is 12.2 Å². The Labute approximate surface area is 131 Å². The largest absolute Gasteiger partial charge is 0.363 e. The number of hydrogen-bond donors (Lipinski definition) is 1. The third kappa shape index (κ3) is 3.47. The molecule has 0 unspecified atom stereocenters. The first kappa shape index (κ1) is 15.4. The van der Waals surface area contributed by atoms with E-state index in [0.29, 0.717) is 6.04 Å². The van der Waals surface area contributed by atoms with E-state index >= 15 is 0 Å². The van der Waals surface area contributed by atoms with E-state index in [1.54, 1.807) is 6.33 Å². The molecule has 1 amide bonds. The van der Waals surface area contributed by atoms with Gasteiger partial charge < -0.3 is 15.5 Å². The highest BCUT2D eigenvalue weighted by Gasteiger charge is 2.25. The summed E-state index contributed by atoms with van der Waals surface area (Å²) in [4.78, 5) is 20.1. The predicted molar refractivity (Wildman–Crippen MR) is 83.5 cm³/mol. The highest BCUT2D eigenvalue weighted by atomic mass is 16.1. The van der Waals surface area contributed by atoms with Crippen LogP contribution in [0.5, 0.6) is 0 Å². The van der Waals surface area contributed by atoms with Gasteiger partial charge in [-0.15, -0.1) is 5.10 Å². The van der Waals surface area contributed by atoms with Crippen LogP contribution in [0.15, 0.2) is 6.33 Å². The minimum atomic E-state index is -0.560. The summed E-state index contributed by atoms with van der Waals surface area (Å²) in [7, 11) is 2.23. The van der Waals surface area contributed by atoms with Gasteiger partial charge in [0.25, 0.3) is 5.91 Å². The Hall–Kier alpha value is -1.47. The van der Waals surface area contributed by atoms with Gasteiger partial charge >= 0.3 is 0 Å². The van der Waals surface area contributed by atoms with Crippen LogP contribution >= 0.6 is 0 Å². The number of nitrogens with two attached hydrogens (primary N) is 1. The van der Waals surface area contributed by atoms with E-state index in [0.717, 1.165) is 38.5 Å². The fourth-order valence-electron chi connectivity index (χ4n) is 3.69. The topological polar surface area (TPSA) is 80.3 Å². The Morgan fingerprint density at radius 3 is 2.86 bits per heavy atom. The zero-order valence-corrected chi connectivity index (χ0v) is 13.3. The number of piperidine rings is 1. The van der Waals surface area contributed by atoms with Crippen molar-refractivity contribution in [3.8, 4) is 0 Å². The molecule has 0 radical (unpaired) electrons. The van der Waals surface area contributed by atoms with Crippen LogP contribution in [0.4, 0.5) is 0 Å². The Kier molecular flexibility index (Phi) is 4.73. The van der Waals surface area contributed by atoms with E-state index < -0.39 is 5.91 Å². The maximum absolute atomic E-state index is 11.1. The average Bonchev–Trinajstić information content (AvgIpc) is 3.14. The van der Waals surface area contributed by atoms with E-state index in [9.17, 15) is 4.79 Å². The molecule has 1 aromatic rings. The molecule has 3 heterocycles. The Balaban J connectivity index is 1.53. The molecule has 0 bridgehead atoms. The minimum Gasteiger partial charge on any atom is -0.363 e. The second-order valence-corrected chi connectivity index (χ2v) is 6.57. The van der Waals surface area contributed by atoms with Gasteiger partial charge in [-0.1, -0.05) is 0 Å². The highest BCUT2D eigenvalue weighted by Crippen LogP contribution is 2.23. The Bertz CT molecular complexity index is 516. The monoisotopic (exact) mass is 306 g/mol. The summed E-state index contributed by atoms with van der Waals surface area (Å²) in [5.41, 5.74) is 5.22. The molecule has 2 N–H and O–H groups in total. The van der Waals surface area contributed by atoms with Gasteiger partial charge in [-0.05, 0) is 58.8 Å². The van der Waals surface area contributed by atoms with Gasteiger partial charge in [0, 0.05) is 12.6 Å². The molecule has 2 aliphatic heterocycles. The second-order valence-electron chi connectivity index (χ2n) is 6.57. The highest BCUT2D eigenvalue weighted by molar-refractivity contribution is 5.88. The lowest BCUT2D eigenvalue weighted by atomic mass is 10.0. The molecule has 122 valence electrons. The lowest BCUT2D eigenvalue weighted by Crippen LogP contribution is -2.39. The summed E-state index contributed by atoms with van der Waals surface area (Å²) in [6.07, 6.45) is 7.79. The molecule has 1 aromatic heterocycles. The van der Waals surface area contributed by atoms with E-state index in [2.05, 4.69) is 26.9 Å². The normalized spacial score (nSPS) is 27.3. The van der Waals surface area contributed by atoms with Crippen LogP contribution in [0, 0.1) is 0 Å². The minimum absolute atomic E-state index is 0.115. The number of carbonyl (C=O) groups is 1. The fraction of sp³-hybridized carbons (Fsp3) is 0.800. The molecule has 7 nitrogen and oxygen atoms in total.